The molecule has 0 unspecified atom stereocenters. The lowest BCUT2D eigenvalue weighted by Crippen LogP contribution is -2.35. The SMILES string of the molecule is COc1ccc(CN2CCCN(C(=O)c3cnn(-c4cccc(Cl)c4)c3C)CC2)cc1. The van der Waals surface area contributed by atoms with E-state index in [2.05, 4.69) is 22.1 Å². The summed E-state index contributed by atoms with van der Waals surface area (Å²) in [7, 11) is 1.68. The minimum Gasteiger partial charge on any atom is -0.497 e. The monoisotopic (exact) mass is 438 g/mol. The van der Waals surface area contributed by atoms with Crippen LogP contribution >= 0.6 is 11.6 Å². The smallest absolute Gasteiger partial charge is 0.257 e. The van der Waals surface area contributed by atoms with E-state index in [9.17, 15) is 4.79 Å². The van der Waals surface area contributed by atoms with Gasteiger partial charge in [-0.3, -0.25) is 9.69 Å². The Hall–Kier alpha value is -2.83. The highest BCUT2D eigenvalue weighted by Gasteiger charge is 2.24. The third-order valence-electron chi connectivity index (χ3n) is 5.73. The zero-order chi connectivity index (χ0) is 21.8. The first-order valence-electron chi connectivity index (χ1n) is 10.5. The number of carbonyl (C=O) groups is 1. The lowest BCUT2D eigenvalue weighted by atomic mass is 10.2. The number of ether oxygens (including phenoxy) is 1. The summed E-state index contributed by atoms with van der Waals surface area (Å²) in [5.41, 5.74) is 3.57. The molecule has 1 amide bonds. The number of hydrogen-bond donors (Lipinski definition) is 0. The Morgan fingerprint density at radius 3 is 2.65 bits per heavy atom. The molecule has 1 saturated heterocycles. The van der Waals surface area contributed by atoms with Crippen LogP contribution in [0.5, 0.6) is 5.75 Å². The summed E-state index contributed by atoms with van der Waals surface area (Å²) in [6.45, 7) is 6.07. The van der Waals surface area contributed by atoms with Crippen LogP contribution in [-0.4, -0.2) is 58.8 Å². The summed E-state index contributed by atoms with van der Waals surface area (Å²) in [6.07, 6.45) is 2.61. The van der Waals surface area contributed by atoms with Crippen LogP contribution in [0.1, 0.15) is 28.0 Å². The fourth-order valence-corrected chi connectivity index (χ4v) is 4.16. The Balaban J connectivity index is 1.42. The maximum absolute atomic E-state index is 13.2. The molecule has 4 rings (SSSR count). The second-order valence-corrected chi connectivity index (χ2v) is 8.24. The van der Waals surface area contributed by atoms with E-state index in [1.165, 1.54) is 5.56 Å². The first-order chi connectivity index (χ1) is 15.0. The van der Waals surface area contributed by atoms with Crippen LogP contribution in [0.4, 0.5) is 0 Å². The number of methoxy groups -OCH3 is 1. The zero-order valence-corrected chi connectivity index (χ0v) is 18.7. The first-order valence-corrected chi connectivity index (χ1v) is 10.9. The second kappa shape index (κ2) is 9.54. The molecule has 0 spiro atoms. The maximum Gasteiger partial charge on any atom is 0.257 e. The van der Waals surface area contributed by atoms with Gasteiger partial charge in [-0.05, 0) is 49.2 Å². The molecule has 2 aromatic carbocycles. The molecule has 0 saturated carbocycles. The number of rotatable bonds is 5. The van der Waals surface area contributed by atoms with Gasteiger partial charge in [0, 0.05) is 37.7 Å². The molecule has 1 fully saturated rings. The summed E-state index contributed by atoms with van der Waals surface area (Å²) >= 11 is 6.12. The zero-order valence-electron chi connectivity index (χ0n) is 17.9. The highest BCUT2D eigenvalue weighted by molar-refractivity contribution is 6.30. The number of aromatic nitrogens is 2. The third-order valence-corrected chi connectivity index (χ3v) is 5.97. The summed E-state index contributed by atoms with van der Waals surface area (Å²) in [4.78, 5) is 17.6. The van der Waals surface area contributed by atoms with Crippen molar-refractivity contribution in [1.82, 2.24) is 19.6 Å². The number of carbonyl (C=O) groups excluding carboxylic acids is 1. The normalized spacial score (nSPS) is 15.0. The fourth-order valence-electron chi connectivity index (χ4n) is 3.98. The molecule has 0 radical (unpaired) electrons. The van der Waals surface area contributed by atoms with Crippen molar-refractivity contribution < 1.29 is 9.53 Å². The molecule has 1 aliphatic heterocycles. The van der Waals surface area contributed by atoms with Gasteiger partial charge in [-0.25, -0.2) is 4.68 Å². The average molecular weight is 439 g/mol. The van der Waals surface area contributed by atoms with Gasteiger partial charge in [0.1, 0.15) is 5.75 Å². The van der Waals surface area contributed by atoms with Crippen molar-refractivity contribution in [2.24, 2.45) is 0 Å². The lowest BCUT2D eigenvalue weighted by molar-refractivity contribution is 0.0760. The Morgan fingerprint density at radius 1 is 1.10 bits per heavy atom. The Kier molecular flexibility index (Phi) is 6.59. The average Bonchev–Trinajstić information content (AvgIpc) is 3.01. The van der Waals surface area contributed by atoms with E-state index in [-0.39, 0.29) is 5.91 Å². The van der Waals surface area contributed by atoms with Crippen molar-refractivity contribution in [2.45, 2.75) is 19.9 Å². The molecule has 0 aliphatic carbocycles. The highest BCUT2D eigenvalue weighted by Crippen LogP contribution is 2.20. The molecule has 162 valence electrons. The summed E-state index contributed by atoms with van der Waals surface area (Å²) in [6, 6.07) is 15.7. The molecule has 2 heterocycles. The number of nitrogens with zero attached hydrogens (tertiary/aromatic N) is 4. The fraction of sp³-hybridized carbons (Fsp3) is 0.333. The van der Waals surface area contributed by atoms with Crippen molar-refractivity contribution >= 4 is 17.5 Å². The van der Waals surface area contributed by atoms with E-state index in [0.717, 1.165) is 49.7 Å². The molecular formula is C24H27ClN4O2. The topological polar surface area (TPSA) is 50.6 Å². The molecule has 1 aliphatic rings. The minimum absolute atomic E-state index is 0.0390. The summed E-state index contributed by atoms with van der Waals surface area (Å²) in [5.74, 6) is 0.905. The molecule has 0 atom stereocenters. The molecular weight excluding hydrogens is 412 g/mol. The van der Waals surface area contributed by atoms with Crippen molar-refractivity contribution in [2.75, 3.05) is 33.3 Å². The standard InChI is InChI=1S/C24H27ClN4O2/c1-18-23(16-26-29(18)21-6-3-5-20(25)15-21)24(30)28-12-4-11-27(13-14-28)17-19-7-9-22(31-2)10-8-19/h3,5-10,15-16H,4,11-14,17H2,1-2H3. The molecule has 0 N–H and O–H groups in total. The van der Waals surface area contributed by atoms with E-state index < -0.39 is 0 Å². The number of amides is 1. The van der Waals surface area contributed by atoms with Gasteiger partial charge >= 0.3 is 0 Å². The van der Waals surface area contributed by atoms with Crippen LogP contribution in [0.25, 0.3) is 5.69 Å². The van der Waals surface area contributed by atoms with Crippen LogP contribution in [-0.2, 0) is 6.54 Å². The number of benzene rings is 2. The highest BCUT2D eigenvalue weighted by atomic mass is 35.5. The van der Waals surface area contributed by atoms with E-state index in [1.54, 1.807) is 18.0 Å². The second-order valence-electron chi connectivity index (χ2n) is 7.81. The van der Waals surface area contributed by atoms with E-state index in [4.69, 9.17) is 16.3 Å². The molecule has 1 aromatic heterocycles. The van der Waals surface area contributed by atoms with Crippen molar-refractivity contribution in [3.8, 4) is 11.4 Å². The predicted octanol–water partition coefficient (Wildman–Crippen LogP) is 4.19. The number of halogens is 1. The Bertz CT molecular complexity index is 1050. The Morgan fingerprint density at radius 2 is 1.90 bits per heavy atom. The van der Waals surface area contributed by atoms with E-state index in [0.29, 0.717) is 17.1 Å². The van der Waals surface area contributed by atoms with Crippen LogP contribution in [0.3, 0.4) is 0 Å². The molecule has 7 heteroatoms. The maximum atomic E-state index is 13.2. The van der Waals surface area contributed by atoms with Gasteiger partial charge in [-0.2, -0.15) is 5.10 Å². The third kappa shape index (κ3) is 4.92. The van der Waals surface area contributed by atoms with Crippen molar-refractivity contribution in [1.29, 1.82) is 0 Å². The minimum atomic E-state index is 0.0390. The quantitative estimate of drug-likeness (QED) is 0.599. The van der Waals surface area contributed by atoms with Crippen molar-refractivity contribution in [3.05, 3.63) is 76.6 Å². The molecule has 31 heavy (non-hydrogen) atoms. The van der Waals surface area contributed by atoms with Crippen LogP contribution < -0.4 is 4.74 Å². The molecule has 0 bridgehead atoms. The first kappa shape index (κ1) is 21.4. The van der Waals surface area contributed by atoms with Gasteiger partial charge in [-0.15, -0.1) is 0 Å². The van der Waals surface area contributed by atoms with E-state index in [1.807, 2.05) is 48.2 Å². The summed E-state index contributed by atoms with van der Waals surface area (Å²) < 4.78 is 7.01. The van der Waals surface area contributed by atoms with Crippen LogP contribution in [0, 0.1) is 6.92 Å². The van der Waals surface area contributed by atoms with Gasteiger partial charge in [0.2, 0.25) is 0 Å². The van der Waals surface area contributed by atoms with E-state index >= 15 is 0 Å². The van der Waals surface area contributed by atoms with Gasteiger partial charge in [0.05, 0.1) is 30.3 Å². The molecule has 6 nitrogen and oxygen atoms in total. The Labute approximate surface area is 188 Å². The summed E-state index contributed by atoms with van der Waals surface area (Å²) in [5, 5.41) is 5.08. The lowest BCUT2D eigenvalue weighted by Gasteiger charge is -2.22. The van der Waals surface area contributed by atoms with Crippen molar-refractivity contribution in [3.63, 3.8) is 0 Å². The molecule has 3 aromatic rings. The van der Waals surface area contributed by atoms with Gasteiger partial charge < -0.3 is 9.64 Å². The van der Waals surface area contributed by atoms with Crippen LogP contribution in [0.2, 0.25) is 5.02 Å². The predicted molar refractivity (Wildman–Crippen MR) is 122 cm³/mol. The number of hydrogen-bond acceptors (Lipinski definition) is 4. The van der Waals surface area contributed by atoms with Gasteiger partial charge in [0.15, 0.2) is 0 Å². The van der Waals surface area contributed by atoms with Gasteiger partial charge in [-0.1, -0.05) is 29.8 Å². The van der Waals surface area contributed by atoms with Gasteiger partial charge in [0.25, 0.3) is 5.91 Å². The van der Waals surface area contributed by atoms with Crippen LogP contribution in [0.15, 0.2) is 54.7 Å². The largest absolute Gasteiger partial charge is 0.497 e.